The van der Waals surface area contributed by atoms with Crippen LogP contribution in [-0.2, 0) is 63.9 Å². The highest BCUT2D eigenvalue weighted by Crippen LogP contribution is 2.50. The average Bonchev–Trinajstić information content (AvgIpc) is 0.763. The number of anilines is 1. The average molecular weight is 1770 g/mol. The van der Waals surface area contributed by atoms with E-state index < -0.39 is 260 Å². The fourth-order valence-electron chi connectivity index (χ4n) is 14.9. The molecule has 7 aromatic carbocycles. The molecule has 9 amide bonds. The highest BCUT2D eigenvalue weighted by atomic mass is 35.5. The Balaban J connectivity index is 1.01. The molecule has 11 bridgehead atoms. The molecule has 0 radical (unpaired) electrons. The van der Waals surface area contributed by atoms with E-state index in [4.69, 9.17) is 62.2 Å². The van der Waals surface area contributed by atoms with Crippen molar-refractivity contribution >= 4 is 82.1 Å². The molecule has 0 saturated carbocycles. The summed E-state index contributed by atoms with van der Waals surface area (Å²) in [7, 11) is 2.49. The van der Waals surface area contributed by atoms with Crippen LogP contribution in [0.3, 0.4) is 0 Å². The van der Waals surface area contributed by atoms with E-state index in [1.54, 1.807) is 45.0 Å². The molecule has 7 aliphatic rings. The van der Waals surface area contributed by atoms with Gasteiger partial charge in [-0.05, 0) is 158 Å². The van der Waals surface area contributed by atoms with Gasteiger partial charge in [0.25, 0.3) is 11.8 Å². The largest absolute Gasteiger partial charge is 0.573 e. The van der Waals surface area contributed by atoms with E-state index >= 15 is 24.0 Å². The van der Waals surface area contributed by atoms with Gasteiger partial charge in [-0.25, -0.2) is 5.48 Å². The first kappa shape index (κ1) is 91.5. The van der Waals surface area contributed by atoms with E-state index in [0.717, 1.165) is 98.1 Å². The standard InChI is InChI=1S/C82H88Cl2F3N11O26/c1-33(2)20-48(89-5)73(110)96-63-65(104)38-13-18-52(46(83)23-38)119-54-25-40-26-55(69(54)123-80-70(68(107)67(106)56(32-99)121-80)122-58-30-81(4,71(108)34(3)118-58)90-31-35-8-7-9-41(21-35)91-72(109)36-10-15-43(16-11-36)124-82(85,86)87)120-53-19-14-39(24-47(53)84)66(105)64-78(115)95-62(79(116)98-117-6)45-27-42(100)28-51(102)59(45)44-22-37(12-17-50(44)101)60(75(112)97-64)94-76(113)61(40)93-74(111)49(29-57(88)103)92-77(63)114/h7-19,21-28,33-34,48-49,56,58,60-68,70-71,80,89-90,99-102,104-108H,20,29-32H2,1-6H3,(H2,88,103)(H,91,109)(H,92,114)(H,93,111)(H,94,113)(H,95,115)(H,96,110)(H,97,112)(H,98,116)/t34-,48+,49-,56+,58-,60+,61+,62+,63+,64-,65+,66+,67+,68-,70+,71+,80-,81-/m0/s1. The van der Waals surface area contributed by atoms with Gasteiger partial charge in [0.1, 0.15) is 101 Å². The van der Waals surface area contributed by atoms with Crippen molar-refractivity contribution in [3.63, 3.8) is 0 Å². The van der Waals surface area contributed by atoms with Crippen molar-refractivity contribution < 1.29 is 140 Å². The molecule has 2 fully saturated rings. The third-order valence-corrected chi connectivity index (χ3v) is 21.8. The number of amides is 9. The molecule has 7 aliphatic heterocycles. The van der Waals surface area contributed by atoms with Gasteiger partial charge >= 0.3 is 6.36 Å². The number of likely N-dealkylation sites (N-methyl/N-ethyl adjacent to an activating group) is 1. The minimum absolute atomic E-state index is 0.00987. The molecule has 18 atom stereocenters. The van der Waals surface area contributed by atoms with Crippen LogP contribution >= 0.6 is 23.2 Å². The monoisotopic (exact) mass is 1770 g/mol. The van der Waals surface area contributed by atoms with Gasteiger partial charge in [0.15, 0.2) is 23.9 Å². The number of primary amides is 1. The third-order valence-electron chi connectivity index (χ3n) is 21.2. The lowest BCUT2D eigenvalue weighted by Crippen LogP contribution is -2.65. The summed E-state index contributed by atoms with van der Waals surface area (Å²) in [6.07, 6.45) is -24.6. The van der Waals surface area contributed by atoms with Crippen molar-refractivity contribution in [3.05, 3.63) is 176 Å². The van der Waals surface area contributed by atoms with E-state index in [9.17, 15) is 78.3 Å². The number of ether oxygens (including phenoxy) is 7. The van der Waals surface area contributed by atoms with Crippen molar-refractivity contribution in [2.45, 2.75) is 169 Å². The Labute approximate surface area is 713 Å². The van der Waals surface area contributed by atoms with Crippen LogP contribution in [0.4, 0.5) is 18.9 Å². The molecule has 124 heavy (non-hydrogen) atoms. The number of phenols is 3. The smallest absolute Gasteiger partial charge is 0.508 e. The zero-order valence-corrected chi connectivity index (χ0v) is 68.0. The van der Waals surface area contributed by atoms with Gasteiger partial charge in [-0.2, -0.15) is 0 Å². The maximum absolute atomic E-state index is 16.3. The van der Waals surface area contributed by atoms with Crippen LogP contribution in [0.15, 0.2) is 127 Å². The Morgan fingerprint density at radius 3 is 1.96 bits per heavy atom. The number of aliphatic hydroxyl groups excluding tert-OH is 6. The maximum atomic E-state index is 16.3. The van der Waals surface area contributed by atoms with Gasteiger partial charge in [0.05, 0.1) is 48.4 Å². The second kappa shape index (κ2) is 38.2. The van der Waals surface area contributed by atoms with Gasteiger partial charge in [0.2, 0.25) is 53.4 Å². The highest BCUT2D eigenvalue weighted by molar-refractivity contribution is 6.32. The molecule has 7 heterocycles. The highest BCUT2D eigenvalue weighted by Gasteiger charge is 2.52. The van der Waals surface area contributed by atoms with Crippen LogP contribution in [0.2, 0.25) is 10.0 Å². The first-order chi connectivity index (χ1) is 58.7. The number of aliphatic hydroxyl groups is 6. The van der Waals surface area contributed by atoms with Gasteiger partial charge in [-0.15, -0.1) is 13.2 Å². The number of phenolic OH excluding ortho intramolecular Hbond substituents is 3. The van der Waals surface area contributed by atoms with E-state index in [1.807, 2.05) is 0 Å². The van der Waals surface area contributed by atoms with Crippen molar-refractivity contribution in [3.8, 4) is 62.9 Å². The van der Waals surface area contributed by atoms with Crippen LogP contribution in [0.5, 0.6) is 51.7 Å². The topological polar surface area (TPSA) is 556 Å². The Morgan fingerprint density at radius 2 is 1.34 bits per heavy atom. The molecule has 37 nitrogen and oxygen atoms in total. The summed E-state index contributed by atoms with van der Waals surface area (Å²) in [5, 5.41) is 129. The molecule has 0 unspecified atom stereocenters. The summed E-state index contributed by atoms with van der Waals surface area (Å²) in [6, 6.07) is 9.98. The predicted octanol–water partition coefficient (Wildman–Crippen LogP) is 3.68. The van der Waals surface area contributed by atoms with Crippen LogP contribution in [0.1, 0.15) is 121 Å². The molecule has 2 saturated heterocycles. The number of halogens is 5. The summed E-state index contributed by atoms with van der Waals surface area (Å²) in [6.45, 7) is 5.63. The fourth-order valence-corrected chi connectivity index (χ4v) is 15.3. The summed E-state index contributed by atoms with van der Waals surface area (Å²) < 4.78 is 82.0. The van der Waals surface area contributed by atoms with Gasteiger partial charge in [0, 0.05) is 46.9 Å². The number of nitrogens with one attached hydrogen (secondary N) is 10. The van der Waals surface area contributed by atoms with Gasteiger partial charge in [-0.1, -0.05) is 67.4 Å². The Bertz CT molecular complexity index is 5240. The quantitative estimate of drug-likeness (QED) is 0.0484. The molecule has 42 heteroatoms. The van der Waals surface area contributed by atoms with Crippen LogP contribution < -0.4 is 78.0 Å². The number of hydrogen-bond acceptors (Lipinski definition) is 28. The van der Waals surface area contributed by atoms with Gasteiger partial charge in [-0.3, -0.25) is 48.0 Å². The summed E-state index contributed by atoms with van der Waals surface area (Å²) in [5.74, 6) is -16.9. The molecule has 14 rings (SSSR count). The normalized spacial score (nSPS) is 26.2. The second-order valence-corrected chi connectivity index (χ2v) is 31.4. The van der Waals surface area contributed by atoms with Gasteiger partial charge < -0.3 is 133 Å². The molecule has 0 aliphatic carbocycles. The lowest BCUT2D eigenvalue weighted by atomic mass is 9.84. The van der Waals surface area contributed by atoms with E-state index in [0.29, 0.717) is 5.56 Å². The number of alkyl halides is 3. The van der Waals surface area contributed by atoms with Crippen molar-refractivity contribution in [2.24, 2.45) is 11.7 Å². The minimum Gasteiger partial charge on any atom is -0.508 e. The number of hydroxylamine groups is 1. The third kappa shape index (κ3) is 20.7. The van der Waals surface area contributed by atoms with Crippen LogP contribution in [0, 0.1) is 5.92 Å². The lowest BCUT2D eigenvalue weighted by molar-refractivity contribution is -0.334. The fraction of sp³-hybridized carbons (Fsp3) is 0.378. The number of aromatic hydroxyl groups is 3. The first-order valence-corrected chi connectivity index (χ1v) is 39.3. The van der Waals surface area contributed by atoms with Crippen molar-refractivity contribution in [1.29, 1.82) is 0 Å². The summed E-state index contributed by atoms with van der Waals surface area (Å²) in [5.41, 5.74) is 4.47. The number of benzene rings is 7. The Morgan fingerprint density at radius 1 is 0.702 bits per heavy atom. The second-order valence-electron chi connectivity index (χ2n) is 30.5. The van der Waals surface area contributed by atoms with Crippen LogP contribution in [-0.4, -0.2) is 205 Å². The maximum Gasteiger partial charge on any atom is 0.573 e. The Hall–Kier alpha value is -11.7. The lowest BCUT2D eigenvalue weighted by Gasteiger charge is -2.48. The zero-order valence-electron chi connectivity index (χ0n) is 66.5. The first-order valence-electron chi connectivity index (χ1n) is 38.5. The summed E-state index contributed by atoms with van der Waals surface area (Å²) in [4.78, 5) is 138. The number of carbonyl (C=O) groups is 9. The van der Waals surface area contributed by atoms with E-state index in [-0.39, 0.29) is 59.0 Å². The minimum atomic E-state index is -4.97. The van der Waals surface area contributed by atoms with Crippen LogP contribution in [0.25, 0.3) is 11.1 Å². The molecule has 7 aromatic rings. The number of hydrogen-bond donors (Lipinski definition) is 20. The molecular weight excluding hydrogens is 1680 g/mol. The Kier molecular flexibility index (Phi) is 28.2. The number of fused-ring (bicyclic) bond motifs is 15. The predicted molar refractivity (Wildman–Crippen MR) is 427 cm³/mol. The number of carbonyl (C=O) groups excluding carboxylic acids is 9. The van der Waals surface area contributed by atoms with Crippen molar-refractivity contribution in [2.75, 3.05) is 26.1 Å². The molecule has 21 N–H and O–H groups in total. The molecule has 0 spiro atoms. The van der Waals surface area contributed by atoms with E-state index in [1.165, 1.54) is 26.1 Å². The summed E-state index contributed by atoms with van der Waals surface area (Å²) >= 11 is 14.3. The van der Waals surface area contributed by atoms with E-state index in [2.05, 4.69) is 58.1 Å². The molecule has 662 valence electrons. The SMILES string of the molecule is CN[C@H](CC(C)C)C(=O)N[C@H]1C(=O)N[C@@H](CC(N)=O)C(=O)N[C@H]2C(=O)N[C@H]3C(=O)N[C@H](C(=O)N[C@@H](C(=O)NOC)c4cc(O)cc(O)c4-c4cc3ccc4O)[C@H](O)c3ccc(c(Cl)c3)Oc3cc2cc(c3O[C@@H]2O[C@H](CO)[C@@H](O)[C@H](O)[C@H]2O[C@H]2C[C@](C)(NCc3cccc(NC(=O)c4ccc(OC(F)(F)F)cc4)c3)[C@H](O)[C@H](C)O2)Oc2ccc(cc2Cl)[C@H]1O. The zero-order chi connectivity index (χ0) is 89.8. The molecule has 0 aromatic heterocycles. The number of rotatable bonds is 20. The number of nitrogens with two attached hydrogens (primary N) is 1. The molecular formula is C82H88Cl2F3N11O26. The van der Waals surface area contributed by atoms with Crippen molar-refractivity contribution in [1.82, 2.24) is 48.0 Å².